The summed E-state index contributed by atoms with van der Waals surface area (Å²) in [5, 5.41) is 7.93. The number of halogens is 1. The molecule has 0 aromatic heterocycles. The van der Waals surface area contributed by atoms with Crippen molar-refractivity contribution in [1.29, 1.82) is 0 Å². The molecular formula is C19H19FN4OS. The van der Waals surface area contributed by atoms with Gasteiger partial charge in [-0.2, -0.15) is 5.10 Å². The zero-order valence-electron chi connectivity index (χ0n) is 14.5. The van der Waals surface area contributed by atoms with E-state index in [1.165, 1.54) is 19.1 Å². The van der Waals surface area contributed by atoms with Crippen molar-refractivity contribution >= 4 is 34.2 Å². The number of amides is 1. The Morgan fingerprint density at radius 1 is 1.23 bits per heavy atom. The molecule has 2 aromatic rings. The molecule has 0 bridgehead atoms. The maximum absolute atomic E-state index is 12.9. The Bertz CT molecular complexity index is 847. The number of hydrogen-bond donors (Lipinski definition) is 2. The fourth-order valence-corrected chi connectivity index (χ4v) is 3.29. The summed E-state index contributed by atoms with van der Waals surface area (Å²) in [5.41, 5.74) is 6.60. The van der Waals surface area contributed by atoms with Crippen LogP contribution < -0.4 is 10.7 Å². The second kappa shape index (κ2) is 8.14. The largest absolute Gasteiger partial charge is 0.350 e. The number of nitrogens with zero attached hydrogens (tertiary/aromatic N) is 2. The van der Waals surface area contributed by atoms with Crippen LogP contribution >= 0.6 is 11.8 Å². The van der Waals surface area contributed by atoms with Crippen molar-refractivity contribution in [2.45, 2.75) is 19.9 Å². The molecule has 0 saturated heterocycles. The standard InChI is InChI=1S/C19H19FN4OS/c1-12(21-13(2)25)14-3-5-15(6-4-14)18-11-26-19(24-23-18)22-17-9-7-16(20)8-10-17/h3-10,12H,11H2,1-2H3,(H,21,25)(H,22,24)/t12-/m1/s1. The number of rotatable bonds is 4. The van der Waals surface area contributed by atoms with Crippen LogP contribution in [0.4, 0.5) is 10.1 Å². The van der Waals surface area contributed by atoms with Gasteiger partial charge in [0.2, 0.25) is 5.91 Å². The van der Waals surface area contributed by atoms with E-state index in [1.807, 2.05) is 31.2 Å². The van der Waals surface area contributed by atoms with Crippen molar-refractivity contribution in [3.63, 3.8) is 0 Å². The maximum Gasteiger partial charge on any atom is 0.217 e. The smallest absolute Gasteiger partial charge is 0.217 e. The van der Waals surface area contributed by atoms with Crippen LogP contribution in [0.2, 0.25) is 0 Å². The first-order chi connectivity index (χ1) is 12.5. The Balaban J connectivity index is 1.67. The quantitative estimate of drug-likeness (QED) is 0.861. The number of hydrazone groups is 1. The van der Waals surface area contributed by atoms with Gasteiger partial charge in [-0.3, -0.25) is 10.2 Å². The molecular weight excluding hydrogens is 351 g/mol. The average molecular weight is 370 g/mol. The lowest BCUT2D eigenvalue weighted by molar-refractivity contribution is -0.119. The Morgan fingerprint density at radius 2 is 1.92 bits per heavy atom. The van der Waals surface area contributed by atoms with Crippen molar-refractivity contribution in [3.8, 4) is 0 Å². The number of carbonyl (C=O) groups excluding carboxylic acids is 1. The summed E-state index contributed by atoms with van der Waals surface area (Å²) in [6, 6.07) is 14.0. The van der Waals surface area contributed by atoms with Crippen LogP contribution in [0, 0.1) is 5.82 Å². The third kappa shape index (κ3) is 4.70. The lowest BCUT2D eigenvalue weighted by atomic mass is 10.0. The number of aliphatic imine (C=N–C) groups is 1. The molecule has 5 nitrogen and oxygen atoms in total. The summed E-state index contributed by atoms with van der Waals surface area (Å²) < 4.78 is 12.9. The van der Waals surface area contributed by atoms with Crippen molar-refractivity contribution in [2.24, 2.45) is 10.1 Å². The van der Waals surface area contributed by atoms with Gasteiger partial charge in [-0.15, -0.1) is 0 Å². The van der Waals surface area contributed by atoms with Gasteiger partial charge in [0.25, 0.3) is 0 Å². The Morgan fingerprint density at radius 3 is 2.50 bits per heavy atom. The van der Waals surface area contributed by atoms with Gasteiger partial charge in [0.1, 0.15) is 5.82 Å². The molecule has 7 heteroatoms. The van der Waals surface area contributed by atoms with Gasteiger partial charge in [-0.05, 0) is 42.3 Å². The summed E-state index contributed by atoms with van der Waals surface area (Å²) >= 11 is 1.54. The maximum atomic E-state index is 12.9. The second-order valence-electron chi connectivity index (χ2n) is 5.90. The first kappa shape index (κ1) is 18.1. The highest BCUT2D eigenvalue weighted by Gasteiger charge is 2.14. The Labute approximate surface area is 155 Å². The number of benzene rings is 2. The summed E-state index contributed by atoms with van der Waals surface area (Å²) in [5.74, 6) is 0.356. The topological polar surface area (TPSA) is 65.8 Å². The molecule has 2 N–H and O–H groups in total. The van der Waals surface area contributed by atoms with E-state index >= 15 is 0 Å². The van der Waals surface area contributed by atoms with Gasteiger partial charge in [0.15, 0.2) is 5.17 Å². The second-order valence-corrected chi connectivity index (χ2v) is 6.86. The van der Waals surface area contributed by atoms with E-state index in [1.54, 1.807) is 23.9 Å². The molecule has 1 aliphatic rings. The first-order valence-corrected chi connectivity index (χ1v) is 9.17. The van der Waals surface area contributed by atoms with E-state index in [4.69, 9.17) is 0 Å². The molecule has 0 saturated carbocycles. The molecule has 0 aliphatic carbocycles. The minimum absolute atomic E-state index is 0.0308. The van der Waals surface area contributed by atoms with Gasteiger partial charge in [-0.1, -0.05) is 36.0 Å². The van der Waals surface area contributed by atoms with Crippen LogP contribution in [0.3, 0.4) is 0 Å². The Hall–Kier alpha value is -2.67. The molecule has 3 rings (SSSR count). The minimum atomic E-state index is -0.283. The number of carbonyl (C=O) groups is 1. The number of amidine groups is 1. The normalized spacial score (nSPS) is 16.6. The summed E-state index contributed by atoms with van der Waals surface area (Å²) in [4.78, 5) is 15.6. The zero-order valence-corrected chi connectivity index (χ0v) is 15.3. The van der Waals surface area contributed by atoms with E-state index in [9.17, 15) is 9.18 Å². The van der Waals surface area contributed by atoms with Crippen LogP contribution in [-0.2, 0) is 4.79 Å². The monoisotopic (exact) mass is 370 g/mol. The van der Waals surface area contributed by atoms with Gasteiger partial charge in [-0.25, -0.2) is 9.38 Å². The molecule has 0 spiro atoms. The molecule has 0 fully saturated rings. The lowest BCUT2D eigenvalue weighted by Crippen LogP contribution is -2.25. The van der Waals surface area contributed by atoms with E-state index in [-0.39, 0.29) is 17.8 Å². The fourth-order valence-electron chi connectivity index (χ4n) is 2.51. The van der Waals surface area contributed by atoms with Gasteiger partial charge in [0, 0.05) is 12.7 Å². The predicted molar refractivity (Wildman–Crippen MR) is 104 cm³/mol. The number of thioether (sulfide) groups is 1. The van der Waals surface area contributed by atoms with E-state index < -0.39 is 0 Å². The highest BCUT2D eigenvalue weighted by molar-refractivity contribution is 8.14. The zero-order chi connectivity index (χ0) is 18.5. The molecule has 0 unspecified atom stereocenters. The SMILES string of the molecule is CC(=O)N[C@H](C)c1ccc(C2=NNC(=Nc3ccc(F)cc3)SC2)cc1. The van der Waals surface area contributed by atoms with Crippen molar-refractivity contribution < 1.29 is 9.18 Å². The Kier molecular flexibility index (Phi) is 5.68. The average Bonchev–Trinajstić information content (AvgIpc) is 2.64. The van der Waals surface area contributed by atoms with E-state index in [0.717, 1.165) is 16.8 Å². The molecule has 26 heavy (non-hydrogen) atoms. The molecule has 2 aromatic carbocycles. The van der Waals surface area contributed by atoms with E-state index in [0.29, 0.717) is 16.6 Å². The molecule has 1 amide bonds. The number of hydrogen-bond acceptors (Lipinski definition) is 4. The summed E-state index contributed by atoms with van der Waals surface area (Å²) in [7, 11) is 0. The van der Waals surface area contributed by atoms with Crippen molar-refractivity contribution in [2.75, 3.05) is 5.75 Å². The van der Waals surface area contributed by atoms with E-state index in [2.05, 4.69) is 20.8 Å². The van der Waals surface area contributed by atoms with Crippen LogP contribution in [0.1, 0.15) is 31.0 Å². The van der Waals surface area contributed by atoms with Gasteiger partial charge < -0.3 is 5.32 Å². The minimum Gasteiger partial charge on any atom is -0.350 e. The molecule has 0 radical (unpaired) electrons. The van der Waals surface area contributed by atoms with Crippen LogP contribution in [-0.4, -0.2) is 22.5 Å². The third-order valence-corrected chi connectivity index (χ3v) is 4.73. The molecule has 134 valence electrons. The van der Waals surface area contributed by atoms with Gasteiger partial charge >= 0.3 is 0 Å². The lowest BCUT2D eigenvalue weighted by Gasteiger charge is -2.16. The highest BCUT2D eigenvalue weighted by atomic mass is 32.2. The third-order valence-electron chi connectivity index (χ3n) is 3.85. The predicted octanol–water partition coefficient (Wildman–Crippen LogP) is 3.75. The van der Waals surface area contributed by atoms with Crippen LogP contribution in [0.25, 0.3) is 0 Å². The molecule has 1 atom stereocenters. The molecule has 1 heterocycles. The van der Waals surface area contributed by atoms with Gasteiger partial charge in [0.05, 0.1) is 17.4 Å². The van der Waals surface area contributed by atoms with Crippen LogP contribution in [0.5, 0.6) is 0 Å². The first-order valence-electron chi connectivity index (χ1n) is 8.18. The fraction of sp³-hybridized carbons (Fsp3) is 0.211. The summed E-state index contributed by atoms with van der Waals surface area (Å²) in [6.45, 7) is 3.46. The van der Waals surface area contributed by atoms with Crippen LogP contribution in [0.15, 0.2) is 58.6 Å². The number of nitrogens with one attached hydrogen (secondary N) is 2. The highest BCUT2D eigenvalue weighted by Crippen LogP contribution is 2.20. The molecule has 1 aliphatic heterocycles. The van der Waals surface area contributed by atoms with Crippen molar-refractivity contribution in [1.82, 2.24) is 10.7 Å². The summed E-state index contributed by atoms with van der Waals surface area (Å²) in [6.07, 6.45) is 0. The van der Waals surface area contributed by atoms with Crippen molar-refractivity contribution in [3.05, 3.63) is 65.5 Å².